The summed E-state index contributed by atoms with van der Waals surface area (Å²) in [6.07, 6.45) is 7.38. The van der Waals surface area contributed by atoms with Gasteiger partial charge in [0.2, 0.25) is 17.8 Å². The fraction of sp³-hybridized carbons (Fsp3) is 0.551. The minimum absolute atomic E-state index is 0.00699. The number of piperazine rings is 1. The molecule has 5 heterocycles. The van der Waals surface area contributed by atoms with Gasteiger partial charge in [0.25, 0.3) is 0 Å². The van der Waals surface area contributed by atoms with Gasteiger partial charge in [-0.2, -0.15) is 15.0 Å². The molecule has 0 radical (unpaired) electrons. The summed E-state index contributed by atoms with van der Waals surface area (Å²) in [5.41, 5.74) is 1.29. The Morgan fingerprint density at radius 2 is 1.10 bits per heavy atom. The number of carbonyl (C=O) groups is 7. The summed E-state index contributed by atoms with van der Waals surface area (Å²) >= 11 is 0. The van der Waals surface area contributed by atoms with Gasteiger partial charge in [-0.25, -0.2) is 14.8 Å². The smallest absolute Gasteiger partial charge is 0.326 e. The third kappa shape index (κ3) is 20.4. The lowest BCUT2D eigenvalue weighted by molar-refractivity contribution is -0.142. The summed E-state index contributed by atoms with van der Waals surface area (Å²) in [5, 5.41) is 74.7. The van der Waals surface area contributed by atoms with Crippen molar-refractivity contribution in [2.75, 3.05) is 127 Å². The number of hydrogen-bond donors (Lipinski definition) is 9. The van der Waals surface area contributed by atoms with Crippen molar-refractivity contribution in [3.8, 4) is 0 Å². The first-order valence-corrected chi connectivity index (χ1v) is 25.7. The van der Waals surface area contributed by atoms with Gasteiger partial charge in [0, 0.05) is 109 Å². The SMILES string of the molecule is CN1CCN(c2nc(Nc3ccc(CC4CN(CC(=O)O)CCN(CC(=O)O)CCN(CC(=O)O)CCN4CC(=O)O)cc3)nc(N[C@@H](CCCCN(Cc3nccn3CC(=O)O)Cc3nccn3CC(=O)O)C(=O)O)n2)CC1. The Morgan fingerprint density at radius 1 is 0.595 bits per heavy atom. The fourth-order valence-electron chi connectivity index (χ4n) is 9.39. The number of benzene rings is 1. The molecular weight excluding hydrogens is 1040 g/mol. The van der Waals surface area contributed by atoms with E-state index in [1.165, 1.54) is 21.5 Å². The van der Waals surface area contributed by atoms with E-state index < -0.39 is 67.0 Å². The van der Waals surface area contributed by atoms with Crippen LogP contribution in [0.2, 0.25) is 0 Å². The molecular formula is C49H70N16O14. The third-order valence-electron chi connectivity index (χ3n) is 13.4. The Labute approximate surface area is 454 Å². The van der Waals surface area contributed by atoms with Crippen molar-refractivity contribution in [3.63, 3.8) is 0 Å². The summed E-state index contributed by atoms with van der Waals surface area (Å²) in [5.74, 6) is -6.33. The number of hydrogen-bond acceptors (Lipinski definition) is 21. The van der Waals surface area contributed by atoms with Crippen LogP contribution in [-0.4, -0.2) is 265 Å². The number of nitrogens with one attached hydrogen (secondary N) is 2. The Kier molecular flexibility index (Phi) is 22.7. The molecule has 1 unspecified atom stereocenters. The van der Waals surface area contributed by atoms with E-state index in [0.717, 1.165) is 18.7 Å². The average Bonchev–Trinajstić information content (AvgIpc) is 4.01. The van der Waals surface area contributed by atoms with Crippen molar-refractivity contribution in [1.82, 2.24) is 63.5 Å². The molecule has 2 aliphatic rings. The molecule has 4 aromatic rings. The zero-order chi connectivity index (χ0) is 57.0. The molecule has 1 aromatic carbocycles. The number of imidazole rings is 2. The summed E-state index contributed by atoms with van der Waals surface area (Å²) in [6, 6.07) is 5.41. The van der Waals surface area contributed by atoms with Crippen LogP contribution in [0.25, 0.3) is 0 Å². The monoisotopic (exact) mass is 1110 g/mol. The molecule has 79 heavy (non-hydrogen) atoms. The first-order chi connectivity index (χ1) is 37.7. The van der Waals surface area contributed by atoms with Crippen LogP contribution in [-0.2, 0) is 66.2 Å². The Bertz CT molecular complexity index is 2630. The highest BCUT2D eigenvalue weighted by atomic mass is 16.4. The molecule has 0 aliphatic carbocycles. The predicted molar refractivity (Wildman–Crippen MR) is 281 cm³/mol. The molecule has 0 amide bonds. The largest absolute Gasteiger partial charge is 0.480 e. The molecule has 0 bridgehead atoms. The molecule has 6 rings (SSSR count). The summed E-state index contributed by atoms with van der Waals surface area (Å²) in [6.45, 7) is 2.32. The molecule has 3 aromatic heterocycles. The zero-order valence-corrected chi connectivity index (χ0v) is 44.0. The number of aliphatic carboxylic acids is 7. The van der Waals surface area contributed by atoms with Crippen molar-refractivity contribution in [1.29, 1.82) is 0 Å². The van der Waals surface area contributed by atoms with Gasteiger partial charge in [-0.3, -0.25) is 53.3 Å². The first kappa shape index (κ1) is 60.3. The Hall–Kier alpha value is -7.90. The van der Waals surface area contributed by atoms with Crippen LogP contribution < -0.4 is 15.5 Å². The molecule has 0 spiro atoms. The quantitative estimate of drug-likeness (QED) is 0.0299. The maximum Gasteiger partial charge on any atom is 0.326 e. The number of nitrogens with zero attached hydrogens (tertiary/aromatic N) is 14. The minimum Gasteiger partial charge on any atom is -0.480 e. The number of unbranched alkanes of at least 4 members (excludes halogenated alkanes) is 1. The van der Waals surface area contributed by atoms with Gasteiger partial charge in [0.05, 0.1) is 39.3 Å². The van der Waals surface area contributed by atoms with E-state index in [4.69, 9.17) is 4.98 Å². The minimum atomic E-state index is -1.15. The van der Waals surface area contributed by atoms with Crippen LogP contribution >= 0.6 is 0 Å². The van der Waals surface area contributed by atoms with Crippen LogP contribution in [0, 0.1) is 0 Å². The van der Waals surface area contributed by atoms with Gasteiger partial charge < -0.3 is 65.3 Å². The first-order valence-electron chi connectivity index (χ1n) is 25.7. The lowest BCUT2D eigenvalue weighted by Crippen LogP contribution is -2.53. The Morgan fingerprint density at radius 3 is 1.63 bits per heavy atom. The van der Waals surface area contributed by atoms with Crippen molar-refractivity contribution in [2.24, 2.45) is 0 Å². The van der Waals surface area contributed by atoms with Crippen LogP contribution in [0.1, 0.15) is 36.5 Å². The fourth-order valence-corrected chi connectivity index (χ4v) is 9.39. The predicted octanol–water partition coefficient (Wildman–Crippen LogP) is -0.862. The van der Waals surface area contributed by atoms with E-state index in [0.29, 0.717) is 55.8 Å². The highest BCUT2D eigenvalue weighted by Crippen LogP contribution is 2.23. The van der Waals surface area contributed by atoms with Gasteiger partial charge >= 0.3 is 41.8 Å². The van der Waals surface area contributed by atoms with E-state index in [9.17, 15) is 69.3 Å². The van der Waals surface area contributed by atoms with Gasteiger partial charge in [0.15, 0.2) is 0 Å². The summed E-state index contributed by atoms with van der Waals surface area (Å²) < 4.78 is 3.00. The molecule has 9 N–H and O–H groups in total. The van der Waals surface area contributed by atoms with E-state index in [1.807, 2.05) is 29.0 Å². The second-order valence-electron chi connectivity index (χ2n) is 19.6. The normalized spacial score (nSPS) is 17.1. The lowest BCUT2D eigenvalue weighted by Gasteiger charge is -2.37. The molecule has 2 fully saturated rings. The summed E-state index contributed by atoms with van der Waals surface area (Å²) in [7, 11) is 2.00. The van der Waals surface area contributed by atoms with Crippen molar-refractivity contribution < 1.29 is 69.3 Å². The van der Waals surface area contributed by atoms with E-state index >= 15 is 0 Å². The van der Waals surface area contributed by atoms with Gasteiger partial charge in [0.1, 0.15) is 30.8 Å². The second-order valence-corrected chi connectivity index (χ2v) is 19.6. The van der Waals surface area contributed by atoms with Crippen LogP contribution in [0.4, 0.5) is 23.5 Å². The number of rotatable bonds is 29. The maximum atomic E-state index is 12.8. The van der Waals surface area contributed by atoms with Crippen LogP contribution in [0.5, 0.6) is 0 Å². The lowest BCUT2D eigenvalue weighted by atomic mass is 10.0. The molecule has 430 valence electrons. The number of aromatic nitrogens is 7. The van der Waals surface area contributed by atoms with E-state index in [2.05, 4.69) is 35.5 Å². The van der Waals surface area contributed by atoms with Gasteiger partial charge in [-0.05, 0) is 57.0 Å². The van der Waals surface area contributed by atoms with Crippen molar-refractivity contribution in [2.45, 2.75) is 63.9 Å². The zero-order valence-electron chi connectivity index (χ0n) is 44.0. The maximum absolute atomic E-state index is 12.8. The van der Waals surface area contributed by atoms with Gasteiger partial charge in [-0.1, -0.05) is 12.1 Å². The van der Waals surface area contributed by atoms with E-state index in [1.54, 1.807) is 44.1 Å². The highest BCUT2D eigenvalue weighted by molar-refractivity contribution is 5.76. The van der Waals surface area contributed by atoms with Crippen LogP contribution in [0.3, 0.4) is 0 Å². The molecule has 30 heteroatoms. The molecule has 0 saturated carbocycles. The molecule has 2 saturated heterocycles. The second kappa shape index (κ2) is 29.7. The molecule has 2 aliphatic heterocycles. The highest BCUT2D eigenvalue weighted by Gasteiger charge is 2.29. The number of likely N-dealkylation sites (N-methyl/N-ethyl adjacent to an activating group) is 1. The number of carboxylic acid groups (broad SMARTS) is 7. The third-order valence-corrected chi connectivity index (χ3v) is 13.4. The molecule has 30 nitrogen and oxygen atoms in total. The summed E-state index contributed by atoms with van der Waals surface area (Å²) in [4.78, 5) is 119. The Balaban J connectivity index is 1.19. The standard InChI is InChI=1S/C49H70N16O14/c1-57-14-21-62(22-15-57)49-55-47(54-48(56-49)53-37(46(78)79)4-2-3-11-60(26-38-50-9-12-64(38)32-44(74)75)27-39-51-10-13-65(39)33-45(76)77)52-35-7-5-34(6-8-35)24-36-25-61(30-42(70)71)19-18-58(28-40(66)67)16-17-59(29-41(68)69)20-23-63(36)31-43(72)73/h5-10,12-13,36-37H,2-4,11,14-33H2,1H3,(H,66,67)(H,68,69)(H,70,71)(H,72,73)(H,74,75)(H,76,77)(H,78,79)(H2,52,53,54,55,56)/t36?,37-/m0/s1. The van der Waals surface area contributed by atoms with Crippen LogP contribution in [0.15, 0.2) is 49.1 Å². The number of carboxylic acids is 7. The molecule has 2 atom stereocenters. The number of anilines is 4. The van der Waals surface area contributed by atoms with Crippen molar-refractivity contribution in [3.05, 3.63) is 66.3 Å². The average molecular weight is 1110 g/mol. The van der Waals surface area contributed by atoms with Gasteiger partial charge in [-0.15, -0.1) is 0 Å². The topological polar surface area (TPSA) is 382 Å². The van der Waals surface area contributed by atoms with E-state index in [-0.39, 0.29) is 110 Å². The van der Waals surface area contributed by atoms with Crippen molar-refractivity contribution >= 4 is 65.3 Å².